The average molecular weight is 397 g/mol. The van der Waals surface area contributed by atoms with E-state index in [0.717, 1.165) is 18.4 Å². The van der Waals surface area contributed by atoms with E-state index in [9.17, 15) is 9.59 Å². The quantitative estimate of drug-likeness (QED) is 0.491. The van der Waals surface area contributed by atoms with E-state index in [-0.39, 0.29) is 18.6 Å². The molecule has 0 aliphatic carbocycles. The average Bonchev–Trinajstić information content (AvgIpc) is 2.75. The van der Waals surface area contributed by atoms with Gasteiger partial charge in [0.15, 0.2) is 18.1 Å². The minimum absolute atomic E-state index is 0.0104. The van der Waals surface area contributed by atoms with Crippen molar-refractivity contribution in [2.24, 2.45) is 0 Å². The molecule has 154 valence electrons. The van der Waals surface area contributed by atoms with Crippen molar-refractivity contribution < 1.29 is 23.8 Å². The molecule has 0 unspecified atom stereocenters. The number of nitrogens with one attached hydrogen (secondary N) is 1. The number of carbonyl (C=O) groups excluding carboxylic acids is 2. The summed E-state index contributed by atoms with van der Waals surface area (Å²) in [6, 6.07) is 15.3. The molecule has 2 aromatic rings. The van der Waals surface area contributed by atoms with E-state index >= 15 is 0 Å². The highest BCUT2D eigenvalue weighted by atomic mass is 16.5. The monoisotopic (exact) mass is 397 g/mol. The van der Waals surface area contributed by atoms with Gasteiger partial charge in [0.1, 0.15) is 0 Å². The van der Waals surface area contributed by atoms with Gasteiger partial charge in [0, 0.05) is 12.1 Å². The van der Waals surface area contributed by atoms with Crippen LogP contribution in [0.25, 0.3) is 6.08 Å². The first-order chi connectivity index (χ1) is 14.0. The summed E-state index contributed by atoms with van der Waals surface area (Å²) < 4.78 is 15.4. The van der Waals surface area contributed by atoms with Gasteiger partial charge in [-0.2, -0.15) is 0 Å². The fourth-order valence-corrected chi connectivity index (χ4v) is 2.72. The molecule has 0 aliphatic heterocycles. The van der Waals surface area contributed by atoms with Crippen LogP contribution in [0.15, 0.2) is 54.6 Å². The highest BCUT2D eigenvalue weighted by Gasteiger charge is 2.10. The first-order valence-corrected chi connectivity index (χ1v) is 9.42. The molecule has 0 radical (unpaired) electrons. The van der Waals surface area contributed by atoms with Crippen molar-refractivity contribution >= 4 is 18.0 Å². The Bertz CT molecular complexity index is 832. The second kappa shape index (κ2) is 11.5. The Labute approximate surface area is 171 Å². The summed E-state index contributed by atoms with van der Waals surface area (Å²) in [5.74, 6) is 0.252. The number of methoxy groups -OCH3 is 2. The minimum atomic E-state index is -0.591. The Morgan fingerprint density at radius 1 is 1.03 bits per heavy atom. The van der Waals surface area contributed by atoms with Gasteiger partial charge in [-0.1, -0.05) is 36.4 Å². The Hall–Kier alpha value is -3.28. The van der Waals surface area contributed by atoms with Gasteiger partial charge >= 0.3 is 5.97 Å². The fourth-order valence-electron chi connectivity index (χ4n) is 2.72. The normalized spacial score (nSPS) is 11.7. The lowest BCUT2D eigenvalue weighted by atomic mass is 10.1. The van der Waals surface area contributed by atoms with E-state index < -0.39 is 5.97 Å². The summed E-state index contributed by atoms with van der Waals surface area (Å²) in [7, 11) is 3.09. The van der Waals surface area contributed by atoms with Crippen LogP contribution in [0.3, 0.4) is 0 Å². The second-order valence-corrected chi connectivity index (χ2v) is 6.55. The van der Waals surface area contributed by atoms with E-state index in [1.54, 1.807) is 38.5 Å². The molecule has 1 atom stereocenters. The van der Waals surface area contributed by atoms with E-state index in [0.29, 0.717) is 11.5 Å². The highest BCUT2D eigenvalue weighted by molar-refractivity contribution is 5.89. The SMILES string of the molecule is COc1ccc(/C=C/C(=O)OCC(=O)N[C@@H](C)CCc2ccccc2)cc1OC. The Balaban J connectivity index is 1.73. The number of ether oxygens (including phenoxy) is 3. The molecule has 2 aromatic carbocycles. The van der Waals surface area contributed by atoms with Crippen LogP contribution in [0, 0.1) is 0 Å². The van der Waals surface area contributed by atoms with Crippen LogP contribution >= 0.6 is 0 Å². The van der Waals surface area contributed by atoms with Gasteiger partial charge in [-0.25, -0.2) is 4.79 Å². The maximum absolute atomic E-state index is 12.0. The number of amides is 1. The van der Waals surface area contributed by atoms with Gasteiger partial charge in [-0.3, -0.25) is 4.79 Å². The number of aryl methyl sites for hydroxylation is 1. The van der Waals surface area contributed by atoms with Gasteiger partial charge in [0.2, 0.25) is 0 Å². The lowest BCUT2D eigenvalue weighted by molar-refractivity contribution is -0.144. The largest absolute Gasteiger partial charge is 0.493 e. The lowest BCUT2D eigenvalue weighted by Gasteiger charge is -2.13. The van der Waals surface area contributed by atoms with E-state index in [1.165, 1.54) is 11.6 Å². The van der Waals surface area contributed by atoms with Crippen LogP contribution in [0.1, 0.15) is 24.5 Å². The van der Waals surface area contributed by atoms with Crippen LogP contribution in [-0.4, -0.2) is 38.7 Å². The van der Waals surface area contributed by atoms with Gasteiger partial charge < -0.3 is 19.5 Å². The summed E-state index contributed by atoms with van der Waals surface area (Å²) in [5.41, 5.74) is 1.97. The van der Waals surface area contributed by atoms with Crippen molar-refractivity contribution in [1.29, 1.82) is 0 Å². The number of esters is 1. The van der Waals surface area contributed by atoms with Crippen LogP contribution < -0.4 is 14.8 Å². The predicted octanol–water partition coefficient (Wildman–Crippen LogP) is 3.40. The van der Waals surface area contributed by atoms with Crippen molar-refractivity contribution in [2.75, 3.05) is 20.8 Å². The molecule has 0 heterocycles. The van der Waals surface area contributed by atoms with Gasteiger partial charge in [0.25, 0.3) is 5.91 Å². The molecule has 2 rings (SSSR count). The third-order valence-corrected chi connectivity index (χ3v) is 4.28. The molecular formula is C23H27NO5. The molecule has 0 bridgehead atoms. The van der Waals surface area contributed by atoms with Crippen molar-refractivity contribution in [3.8, 4) is 11.5 Å². The standard InChI is InChI=1S/C23H27NO5/c1-17(9-10-18-7-5-4-6-8-18)24-22(25)16-29-23(26)14-12-19-11-13-20(27-2)21(15-19)28-3/h4-8,11-15,17H,9-10,16H2,1-3H3,(H,24,25)/b14-12+/t17-/m0/s1. The zero-order valence-electron chi connectivity index (χ0n) is 17.0. The predicted molar refractivity (Wildman–Crippen MR) is 112 cm³/mol. The van der Waals surface area contributed by atoms with E-state index in [4.69, 9.17) is 14.2 Å². The lowest BCUT2D eigenvalue weighted by Crippen LogP contribution is -2.36. The Kier molecular flexibility index (Phi) is 8.76. The second-order valence-electron chi connectivity index (χ2n) is 6.55. The number of benzene rings is 2. The molecule has 1 amide bonds. The topological polar surface area (TPSA) is 73.9 Å². The number of rotatable bonds is 10. The number of carbonyl (C=O) groups is 2. The summed E-state index contributed by atoms with van der Waals surface area (Å²) >= 11 is 0. The molecule has 0 spiro atoms. The smallest absolute Gasteiger partial charge is 0.331 e. The maximum Gasteiger partial charge on any atom is 0.331 e. The van der Waals surface area contributed by atoms with Crippen LogP contribution in [0.2, 0.25) is 0 Å². The zero-order chi connectivity index (χ0) is 21.1. The Morgan fingerprint density at radius 2 is 1.76 bits per heavy atom. The van der Waals surface area contributed by atoms with Crippen molar-refractivity contribution in [3.05, 3.63) is 65.7 Å². The van der Waals surface area contributed by atoms with Gasteiger partial charge in [-0.15, -0.1) is 0 Å². The van der Waals surface area contributed by atoms with Crippen LogP contribution in [-0.2, 0) is 20.7 Å². The first kappa shape index (κ1) is 22.0. The highest BCUT2D eigenvalue weighted by Crippen LogP contribution is 2.27. The van der Waals surface area contributed by atoms with E-state index in [1.807, 2.05) is 25.1 Å². The minimum Gasteiger partial charge on any atom is -0.493 e. The molecule has 6 nitrogen and oxygen atoms in total. The summed E-state index contributed by atoms with van der Waals surface area (Å²) in [5, 5.41) is 2.84. The first-order valence-electron chi connectivity index (χ1n) is 9.42. The van der Waals surface area contributed by atoms with Crippen molar-refractivity contribution in [1.82, 2.24) is 5.32 Å². The molecule has 0 saturated heterocycles. The van der Waals surface area contributed by atoms with Gasteiger partial charge in [0.05, 0.1) is 14.2 Å². The molecule has 0 aromatic heterocycles. The van der Waals surface area contributed by atoms with Crippen molar-refractivity contribution in [3.63, 3.8) is 0 Å². The maximum atomic E-state index is 12.0. The molecule has 0 fully saturated rings. The third kappa shape index (κ3) is 7.70. The Morgan fingerprint density at radius 3 is 2.45 bits per heavy atom. The molecule has 6 heteroatoms. The molecule has 29 heavy (non-hydrogen) atoms. The van der Waals surface area contributed by atoms with E-state index in [2.05, 4.69) is 17.4 Å². The molecule has 0 aliphatic rings. The molecular weight excluding hydrogens is 370 g/mol. The van der Waals surface area contributed by atoms with Gasteiger partial charge in [-0.05, 0) is 49.1 Å². The van der Waals surface area contributed by atoms with Crippen molar-refractivity contribution in [2.45, 2.75) is 25.8 Å². The molecule has 1 N–H and O–H groups in total. The number of hydrogen-bond donors (Lipinski definition) is 1. The summed E-state index contributed by atoms with van der Waals surface area (Å²) in [4.78, 5) is 23.8. The number of hydrogen-bond acceptors (Lipinski definition) is 5. The van der Waals surface area contributed by atoms with Crippen LogP contribution in [0.4, 0.5) is 0 Å². The molecule has 0 saturated carbocycles. The summed E-state index contributed by atoms with van der Waals surface area (Å²) in [6.45, 7) is 1.62. The zero-order valence-corrected chi connectivity index (χ0v) is 17.0. The summed E-state index contributed by atoms with van der Waals surface area (Å²) in [6.07, 6.45) is 4.54. The van der Waals surface area contributed by atoms with Crippen LogP contribution in [0.5, 0.6) is 11.5 Å². The third-order valence-electron chi connectivity index (χ3n) is 4.28. The fraction of sp³-hybridized carbons (Fsp3) is 0.304.